The van der Waals surface area contributed by atoms with E-state index >= 15 is 0 Å². The maximum Gasteiger partial charge on any atom is 0.0740 e. The van der Waals surface area contributed by atoms with Crippen molar-refractivity contribution in [1.82, 2.24) is 4.90 Å². The van der Waals surface area contributed by atoms with E-state index in [1.54, 1.807) is 5.20 Å². The Morgan fingerprint density at radius 3 is 2.56 bits per heavy atom. The molecule has 0 bridgehead atoms. The molecular formula is C13H25NOSi. The van der Waals surface area contributed by atoms with Crippen molar-refractivity contribution in [2.75, 3.05) is 26.3 Å². The van der Waals surface area contributed by atoms with Crippen LogP contribution in [0.3, 0.4) is 0 Å². The van der Waals surface area contributed by atoms with Crippen LogP contribution in [0.2, 0.25) is 19.6 Å². The van der Waals surface area contributed by atoms with Crippen LogP contribution in [-0.2, 0) is 4.74 Å². The molecule has 3 heteroatoms. The molecule has 0 aromatic rings. The molecule has 0 spiro atoms. The van der Waals surface area contributed by atoms with Crippen molar-refractivity contribution >= 4 is 8.07 Å². The van der Waals surface area contributed by atoms with Crippen LogP contribution in [0.15, 0.2) is 11.3 Å². The quantitative estimate of drug-likeness (QED) is 0.687. The average Bonchev–Trinajstić information content (AvgIpc) is 2.29. The van der Waals surface area contributed by atoms with E-state index in [0.717, 1.165) is 32.3 Å². The van der Waals surface area contributed by atoms with Gasteiger partial charge in [-0.15, -0.1) is 0 Å². The molecule has 1 aliphatic heterocycles. The molecule has 1 heterocycles. The van der Waals surface area contributed by atoms with E-state index in [1.807, 2.05) is 0 Å². The van der Waals surface area contributed by atoms with Gasteiger partial charge in [0.2, 0.25) is 0 Å². The molecule has 1 aliphatic carbocycles. The highest BCUT2D eigenvalue weighted by atomic mass is 28.3. The van der Waals surface area contributed by atoms with Gasteiger partial charge in [0.15, 0.2) is 0 Å². The van der Waals surface area contributed by atoms with Crippen LogP contribution in [0.1, 0.15) is 19.3 Å². The van der Waals surface area contributed by atoms with Gasteiger partial charge in [0.05, 0.1) is 21.3 Å². The predicted molar refractivity (Wildman–Crippen MR) is 71.5 cm³/mol. The number of hydrogen-bond acceptors (Lipinski definition) is 2. The van der Waals surface area contributed by atoms with Crippen LogP contribution >= 0.6 is 0 Å². The molecule has 1 fully saturated rings. The molecule has 2 rings (SSSR count). The van der Waals surface area contributed by atoms with Gasteiger partial charge in [-0.1, -0.05) is 30.9 Å². The number of morpholine rings is 1. The standard InChI is InChI=1S/C13H25NOSi/c1-16(2,3)13-7-5-4-6-12(13)14-8-10-15-11-9-14/h7,12H,4-6,8-11H2,1-3H3. The molecule has 0 N–H and O–H groups in total. The second kappa shape index (κ2) is 5.03. The van der Waals surface area contributed by atoms with Gasteiger partial charge < -0.3 is 4.74 Å². The van der Waals surface area contributed by atoms with E-state index in [4.69, 9.17) is 4.74 Å². The zero-order valence-corrected chi connectivity index (χ0v) is 12.0. The summed E-state index contributed by atoms with van der Waals surface area (Å²) in [5.74, 6) is 0. The molecule has 0 saturated carbocycles. The van der Waals surface area contributed by atoms with E-state index in [0.29, 0.717) is 0 Å². The summed E-state index contributed by atoms with van der Waals surface area (Å²) in [7, 11) is -1.12. The molecule has 2 aliphatic rings. The summed E-state index contributed by atoms with van der Waals surface area (Å²) < 4.78 is 5.46. The smallest absolute Gasteiger partial charge is 0.0740 e. The van der Waals surface area contributed by atoms with E-state index in [1.165, 1.54) is 19.3 Å². The summed E-state index contributed by atoms with van der Waals surface area (Å²) >= 11 is 0. The lowest BCUT2D eigenvalue weighted by molar-refractivity contribution is 0.0220. The lowest BCUT2D eigenvalue weighted by atomic mass is 10.0. The van der Waals surface area contributed by atoms with Crippen molar-refractivity contribution in [2.24, 2.45) is 0 Å². The van der Waals surface area contributed by atoms with Crippen molar-refractivity contribution in [2.45, 2.75) is 44.9 Å². The molecule has 0 amide bonds. The van der Waals surface area contributed by atoms with Gasteiger partial charge in [0.1, 0.15) is 0 Å². The third-order valence-electron chi connectivity index (χ3n) is 3.76. The second-order valence-electron chi connectivity index (χ2n) is 6.00. The Bertz CT molecular complexity index is 264. The third kappa shape index (κ3) is 2.76. The highest BCUT2D eigenvalue weighted by Gasteiger charge is 2.32. The highest BCUT2D eigenvalue weighted by molar-refractivity contribution is 6.83. The number of hydrogen-bond donors (Lipinski definition) is 0. The lowest BCUT2D eigenvalue weighted by Gasteiger charge is -2.41. The molecule has 1 atom stereocenters. The molecule has 2 nitrogen and oxygen atoms in total. The largest absolute Gasteiger partial charge is 0.379 e. The molecule has 0 radical (unpaired) electrons. The van der Waals surface area contributed by atoms with Crippen molar-refractivity contribution in [3.05, 3.63) is 11.3 Å². The minimum atomic E-state index is -1.12. The molecule has 0 aromatic heterocycles. The van der Waals surface area contributed by atoms with Gasteiger partial charge in [-0.25, -0.2) is 0 Å². The summed E-state index contributed by atoms with van der Waals surface area (Å²) in [6.07, 6.45) is 6.60. The van der Waals surface area contributed by atoms with E-state index in [-0.39, 0.29) is 0 Å². The van der Waals surface area contributed by atoms with Gasteiger partial charge in [-0.05, 0) is 19.3 Å². The maximum atomic E-state index is 5.46. The first-order chi connectivity index (χ1) is 7.59. The topological polar surface area (TPSA) is 12.5 Å². The third-order valence-corrected chi connectivity index (χ3v) is 6.03. The number of nitrogens with zero attached hydrogens (tertiary/aromatic N) is 1. The average molecular weight is 239 g/mol. The van der Waals surface area contributed by atoms with Gasteiger partial charge in [0, 0.05) is 19.1 Å². The summed E-state index contributed by atoms with van der Waals surface area (Å²) in [5.41, 5.74) is 0. The normalized spacial score (nSPS) is 28.9. The molecule has 16 heavy (non-hydrogen) atoms. The van der Waals surface area contributed by atoms with Gasteiger partial charge >= 0.3 is 0 Å². The zero-order chi connectivity index (χ0) is 11.6. The van der Waals surface area contributed by atoms with Crippen LogP contribution in [0.25, 0.3) is 0 Å². The van der Waals surface area contributed by atoms with E-state index in [2.05, 4.69) is 30.6 Å². The molecule has 0 aromatic carbocycles. The van der Waals surface area contributed by atoms with E-state index < -0.39 is 8.07 Å². The molecule has 1 saturated heterocycles. The maximum absolute atomic E-state index is 5.46. The Morgan fingerprint density at radius 1 is 1.25 bits per heavy atom. The Kier molecular flexibility index (Phi) is 3.87. The summed E-state index contributed by atoms with van der Waals surface area (Å²) in [4.78, 5) is 2.66. The number of allylic oxidation sites excluding steroid dienone is 1. The van der Waals surface area contributed by atoms with Crippen molar-refractivity contribution < 1.29 is 4.74 Å². The summed E-state index contributed by atoms with van der Waals surface area (Å²) in [5, 5.41) is 1.79. The lowest BCUT2D eigenvalue weighted by Crippen LogP contribution is -2.49. The summed E-state index contributed by atoms with van der Waals surface area (Å²) in [6, 6.07) is 0.740. The Labute approximate surface area is 101 Å². The van der Waals surface area contributed by atoms with Crippen molar-refractivity contribution in [3.8, 4) is 0 Å². The summed E-state index contributed by atoms with van der Waals surface area (Å²) in [6.45, 7) is 11.6. The number of ether oxygens (including phenoxy) is 1. The minimum absolute atomic E-state index is 0.740. The van der Waals surface area contributed by atoms with Gasteiger partial charge in [0.25, 0.3) is 0 Å². The van der Waals surface area contributed by atoms with Gasteiger partial charge in [-0.3, -0.25) is 4.90 Å². The Balaban J connectivity index is 2.11. The first-order valence-electron chi connectivity index (χ1n) is 6.61. The van der Waals surface area contributed by atoms with Crippen LogP contribution in [-0.4, -0.2) is 45.3 Å². The van der Waals surface area contributed by atoms with Crippen molar-refractivity contribution in [1.29, 1.82) is 0 Å². The second-order valence-corrected chi connectivity index (χ2v) is 11.1. The van der Waals surface area contributed by atoms with Gasteiger partial charge in [-0.2, -0.15) is 0 Å². The number of rotatable bonds is 2. The van der Waals surface area contributed by atoms with Crippen LogP contribution in [0, 0.1) is 0 Å². The SMILES string of the molecule is C[Si](C)(C)C1=CCCCC1N1CCOCC1. The minimum Gasteiger partial charge on any atom is -0.379 e. The Hall–Kier alpha value is -0.123. The molecule has 1 unspecified atom stereocenters. The van der Waals surface area contributed by atoms with Crippen molar-refractivity contribution in [3.63, 3.8) is 0 Å². The highest BCUT2D eigenvalue weighted by Crippen LogP contribution is 2.30. The molecular weight excluding hydrogens is 214 g/mol. The van der Waals surface area contributed by atoms with Crippen LogP contribution in [0.5, 0.6) is 0 Å². The fraction of sp³-hybridized carbons (Fsp3) is 0.846. The predicted octanol–water partition coefficient (Wildman–Crippen LogP) is 2.67. The zero-order valence-electron chi connectivity index (χ0n) is 11.0. The monoisotopic (exact) mass is 239 g/mol. The first kappa shape index (κ1) is 12.3. The fourth-order valence-electron chi connectivity index (χ4n) is 2.93. The first-order valence-corrected chi connectivity index (χ1v) is 10.1. The van der Waals surface area contributed by atoms with Crippen LogP contribution in [0.4, 0.5) is 0 Å². The Morgan fingerprint density at radius 2 is 1.94 bits per heavy atom. The van der Waals surface area contributed by atoms with E-state index in [9.17, 15) is 0 Å². The fourth-order valence-corrected chi connectivity index (χ4v) is 5.02. The molecule has 92 valence electrons. The van der Waals surface area contributed by atoms with Crippen LogP contribution < -0.4 is 0 Å².